The molecular formula is C22H28ClNO4. The van der Waals surface area contributed by atoms with Crippen molar-refractivity contribution in [2.75, 3.05) is 34.4 Å². The monoisotopic (exact) mass is 405 g/mol. The van der Waals surface area contributed by atoms with Gasteiger partial charge >= 0.3 is 0 Å². The van der Waals surface area contributed by atoms with Gasteiger partial charge in [-0.15, -0.1) is 0 Å². The molecular weight excluding hydrogens is 378 g/mol. The molecule has 0 radical (unpaired) electrons. The number of methoxy groups -OCH3 is 3. The highest BCUT2D eigenvalue weighted by molar-refractivity contribution is 6.32. The summed E-state index contributed by atoms with van der Waals surface area (Å²) >= 11 is 6.13. The molecule has 0 aliphatic carbocycles. The average Bonchev–Trinajstić information content (AvgIpc) is 2.73. The van der Waals surface area contributed by atoms with Gasteiger partial charge in [-0.05, 0) is 55.2 Å². The number of hydrogen-bond donors (Lipinski definition) is 1. The summed E-state index contributed by atoms with van der Waals surface area (Å²) in [4.78, 5) is 2.38. The molecule has 5 nitrogen and oxygen atoms in total. The van der Waals surface area contributed by atoms with Crippen molar-refractivity contribution in [3.05, 3.63) is 52.5 Å². The van der Waals surface area contributed by atoms with Gasteiger partial charge in [-0.1, -0.05) is 23.7 Å². The van der Waals surface area contributed by atoms with E-state index in [1.165, 1.54) is 0 Å². The average molecular weight is 406 g/mol. The molecule has 1 aliphatic heterocycles. The van der Waals surface area contributed by atoms with Crippen molar-refractivity contribution in [3.63, 3.8) is 0 Å². The summed E-state index contributed by atoms with van der Waals surface area (Å²) in [5, 5.41) is 11.8. The molecule has 2 aromatic carbocycles. The van der Waals surface area contributed by atoms with Crippen LogP contribution in [0.15, 0.2) is 36.4 Å². The maximum atomic E-state index is 11.2. The van der Waals surface area contributed by atoms with Crippen molar-refractivity contribution >= 4 is 11.6 Å². The fourth-order valence-corrected chi connectivity index (χ4v) is 4.04. The van der Waals surface area contributed by atoms with Crippen molar-refractivity contribution in [2.45, 2.75) is 31.4 Å². The highest BCUT2D eigenvalue weighted by Gasteiger charge is 2.36. The largest absolute Gasteiger partial charge is 0.495 e. The van der Waals surface area contributed by atoms with Crippen LogP contribution in [0.1, 0.15) is 36.9 Å². The number of benzene rings is 2. The van der Waals surface area contributed by atoms with Gasteiger partial charge < -0.3 is 19.3 Å². The Bertz CT molecular complexity index is 818. The summed E-state index contributed by atoms with van der Waals surface area (Å²) in [5.74, 6) is 2.05. The first-order valence-electron chi connectivity index (χ1n) is 9.44. The number of likely N-dealkylation sites (tertiary alicyclic amines) is 1. The fraction of sp³-hybridized carbons (Fsp3) is 0.455. The van der Waals surface area contributed by atoms with Crippen LogP contribution in [-0.4, -0.2) is 44.4 Å². The Morgan fingerprint density at radius 1 is 0.929 bits per heavy atom. The van der Waals surface area contributed by atoms with Crippen LogP contribution in [0.5, 0.6) is 17.2 Å². The SMILES string of the molecule is COc1cc(C2(O)CCN(C(C)c3ccc(OC)c(OC)c3)CC2)ccc1Cl. The molecule has 1 heterocycles. The highest BCUT2D eigenvalue weighted by atomic mass is 35.5. The molecule has 0 bridgehead atoms. The molecule has 6 heteroatoms. The van der Waals surface area contributed by atoms with Gasteiger partial charge in [0.1, 0.15) is 5.75 Å². The van der Waals surface area contributed by atoms with Gasteiger partial charge in [-0.2, -0.15) is 0 Å². The second-order valence-corrected chi connectivity index (χ2v) is 7.61. The van der Waals surface area contributed by atoms with Gasteiger partial charge in [-0.25, -0.2) is 0 Å². The van der Waals surface area contributed by atoms with Crippen molar-refractivity contribution in [2.24, 2.45) is 0 Å². The zero-order valence-corrected chi connectivity index (χ0v) is 17.6. The van der Waals surface area contributed by atoms with E-state index in [0.29, 0.717) is 23.6 Å². The normalized spacial score (nSPS) is 17.8. The van der Waals surface area contributed by atoms with Crippen LogP contribution in [0, 0.1) is 0 Å². The number of hydrogen-bond acceptors (Lipinski definition) is 5. The number of nitrogens with zero attached hydrogens (tertiary/aromatic N) is 1. The Hall–Kier alpha value is -1.95. The zero-order chi connectivity index (χ0) is 20.3. The quantitative estimate of drug-likeness (QED) is 0.771. The third-order valence-corrected chi connectivity index (χ3v) is 6.06. The first kappa shape index (κ1) is 20.8. The molecule has 0 aromatic heterocycles. The Labute approximate surface area is 171 Å². The van der Waals surface area contributed by atoms with Gasteiger partial charge in [0.25, 0.3) is 0 Å². The Morgan fingerprint density at radius 3 is 2.18 bits per heavy atom. The van der Waals surface area contributed by atoms with Gasteiger partial charge in [0.05, 0.1) is 32.0 Å². The first-order chi connectivity index (χ1) is 13.4. The number of rotatable bonds is 6. The van der Waals surface area contributed by atoms with E-state index in [4.69, 9.17) is 25.8 Å². The molecule has 2 aromatic rings. The predicted octanol–water partition coefficient (Wildman–Crippen LogP) is 4.41. The minimum atomic E-state index is -0.869. The predicted molar refractivity (Wildman–Crippen MR) is 111 cm³/mol. The third kappa shape index (κ3) is 4.07. The molecule has 0 amide bonds. The van der Waals surface area contributed by atoms with Crippen molar-refractivity contribution < 1.29 is 19.3 Å². The van der Waals surface area contributed by atoms with Crippen LogP contribution in [0.2, 0.25) is 5.02 Å². The van der Waals surface area contributed by atoms with Crippen LogP contribution in [-0.2, 0) is 5.60 Å². The molecule has 152 valence electrons. The fourth-order valence-electron chi connectivity index (χ4n) is 3.84. The summed E-state index contributed by atoms with van der Waals surface area (Å²) in [7, 11) is 4.87. The smallest absolute Gasteiger partial charge is 0.161 e. The Balaban J connectivity index is 1.72. The van der Waals surface area contributed by atoms with Crippen LogP contribution in [0.3, 0.4) is 0 Å². The van der Waals surface area contributed by atoms with Crippen molar-refractivity contribution in [3.8, 4) is 17.2 Å². The second-order valence-electron chi connectivity index (χ2n) is 7.21. The maximum absolute atomic E-state index is 11.2. The molecule has 1 atom stereocenters. The molecule has 0 spiro atoms. The van der Waals surface area contributed by atoms with E-state index in [9.17, 15) is 5.11 Å². The second kappa shape index (κ2) is 8.60. The lowest BCUT2D eigenvalue weighted by atomic mass is 9.83. The molecule has 1 fully saturated rings. The van der Waals surface area contributed by atoms with E-state index in [-0.39, 0.29) is 6.04 Å². The maximum Gasteiger partial charge on any atom is 0.161 e. The Morgan fingerprint density at radius 2 is 1.57 bits per heavy atom. The third-order valence-electron chi connectivity index (χ3n) is 5.75. The summed E-state index contributed by atoms with van der Waals surface area (Å²) in [6.07, 6.45) is 1.30. The molecule has 1 unspecified atom stereocenters. The molecule has 1 saturated heterocycles. The molecule has 0 saturated carbocycles. The standard InChI is InChI=1S/C22H28ClNO4/c1-15(16-5-8-19(26-2)21(13-16)28-4)24-11-9-22(25,10-12-24)17-6-7-18(23)20(14-17)27-3/h5-8,13-15,25H,9-12H2,1-4H3. The zero-order valence-electron chi connectivity index (χ0n) is 16.9. The minimum absolute atomic E-state index is 0.212. The number of ether oxygens (including phenoxy) is 3. The topological polar surface area (TPSA) is 51.2 Å². The Kier molecular flexibility index (Phi) is 6.38. The van der Waals surface area contributed by atoms with E-state index in [1.54, 1.807) is 27.4 Å². The van der Waals surface area contributed by atoms with E-state index in [2.05, 4.69) is 17.9 Å². The first-order valence-corrected chi connectivity index (χ1v) is 9.82. The van der Waals surface area contributed by atoms with Gasteiger partial charge in [0.2, 0.25) is 0 Å². The van der Waals surface area contributed by atoms with Gasteiger partial charge in [0, 0.05) is 19.1 Å². The number of halogens is 1. The van der Waals surface area contributed by atoms with Crippen LogP contribution in [0.4, 0.5) is 0 Å². The highest BCUT2D eigenvalue weighted by Crippen LogP contribution is 2.39. The molecule has 3 rings (SSSR count). The van der Waals surface area contributed by atoms with E-state index < -0.39 is 5.60 Å². The minimum Gasteiger partial charge on any atom is -0.495 e. The lowest BCUT2D eigenvalue weighted by Gasteiger charge is -2.41. The number of aliphatic hydroxyl groups is 1. The lowest BCUT2D eigenvalue weighted by Crippen LogP contribution is -2.43. The van der Waals surface area contributed by atoms with Gasteiger partial charge in [-0.3, -0.25) is 4.90 Å². The van der Waals surface area contributed by atoms with Crippen molar-refractivity contribution in [1.82, 2.24) is 4.90 Å². The van der Waals surface area contributed by atoms with Gasteiger partial charge in [0.15, 0.2) is 11.5 Å². The van der Waals surface area contributed by atoms with E-state index in [1.807, 2.05) is 24.3 Å². The van der Waals surface area contributed by atoms with Crippen LogP contribution in [0.25, 0.3) is 0 Å². The molecule has 28 heavy (non-hydrogen) atoms. The van der Waals surface area contributed by atoms with E-state index in [0.717, 1.165) is 35.7 Å². The van der Waals surface area contributed by atoms with Crippen molar-refractivity contribution in [1.29, 1.82) is 0 Å². The summed E-state index contributed by atoms with van der Waals surface area (Å²) in [5.41, 5.74) is 1.15. The summed E-state index contributed by atoms with van der Waals surface area (Å²) in [6, 6.07) is 11.8. The van der Waals surface area contributed by atoms with Crippen LogP contribution >= 0.6 is 11.6 Å². The summed E-state index contributed by atoms with van der Waals surface area (Å²) in [6.45, 7) is 3.75. The molecule has 1 N–H and O–H groups in total. The van der Waals surface area contributed by atoms with Crippen LogP contribution < -0.4 is 14.2 Å². The summed E-state index contributed by atoms with van der Waals surface area (Å²) < 4.78 is 16.1. The number of piperidine rings is 1. The molecule has 1 aliphatic rings. The lowest BCUT2D eigenvalue weighted by molar-refractivity contribution is -0.0345. The van der Waals surface area contributed by atoms with E-state index >= 15 is 0 Å².